The maximum Gasteiger partial charge on any atom is 0.263 e. The lowest BCUT2D eigenvalue weighted by molar-refractivity contribution is 0.0956. The van der Waals surface area contributed by atoms with E-state index >= 15 is 0 Å². The number of methoxy groups -OCH3 is 1. The molecule has 8 heteroatoms. The van der Waals surface area contributed by atoms with Gasteiger partial charge in [-0.1, -0.05) is 17.6 Å². The predicted molar refractivity (Wildman–Crippen MR) is 101 cm³/mol. The molecule has 0 saturated carbocycles. The zero-order chi connectivity index (χ0) is 18.1. The molecule has 1 amide bonds. The van der Waals surface area contributed by atoms with Crippen LogP contribution in [0.1, 0.15) is 26.5 Å². The third kappa shape index (κ3) is 3.17. The van der Waals surface area contributed by atoms with Gasteiger partial charge in [0.1, 0.15) is 23.3 Å². The molecule has 25 heavy (non-hydrogen) atoms. The number of amides is 1. The topological polar surface area (TPSA) is 90.1 Å². The van der Waals surface area contributed by atoms with Crippen LogP contribution in [0.5, 0.6) is 5.75 Å². The number of anilines is 1. The average Bonchev–Trinajstić information content (AvgIpc) is 2.93. The normalized spacial score (nSPS) is 10.8. The number of rotatable bonds is 4. The molecule has 1 aromatic carbocycles. The molecule has 126 valence electrons. The van der Waals surface area contributed by atoms with Crippen molar-refractivity contribution in [1.29, 1.82) is 0 Å². The number of aromatic nitrogens is 2. The number of carbonyl (C=O) groups is 1. The summed E-state index contributed by atoms with van der Waals surface area (Å²) in [5.74, 6) is 0.361. The molecule has 0 fully saturated rings. The van der Waals surface area contributed by atoms with Crippen molar-refractivity contribution in [3.63, 3.8) is 0 Å². The molecule has 0 atom stereocenters. The van der Waals surface area contributed by atoms with Gasteiger partial charge in [0.05, 0.1) is 18.5 Å². The maximum atomic E-state index is 12.5. The predicted octanol–water partition coefficient (Wildman–Crippen LogP) is 1.62. The molecule has 6 nitrogen and oxygen atoms in total. The van der Waals surface area contributed by atoms with Gasteiger partial charge in [-0.2, -0.15) is 5.10 Å². The second kappa shape index (κ2) is 6.72. The molecule has 0 aliphatic rings. The van der Waals surface area contributed by atoms with Gasteiger partial charge in [-0.05, 0) is 31.0 Å². The highest BCUT2D eigenvalue weighted by Gasteiger charge is 2.19. The summed E-state index contributed by atoms with van der Waals surface area (Å²) in [6.07, 6.45) is 0. The minimum absolute atomic E-state index is 0.244. The van der Waals surface area contributed by atoms with E-state index in [0.717, 1.165) is 22.2 Å². The van der Waals surface area contributed by atoms with Crippen molar-refractivity contribution in [3.8, 4) is 5.75 Å². The maximum absolute atomic E-state index is 12.5. The Kier molecular flexibility index (Phi) is 4.63. The summed E-state index contributed by atoms with van der Waals surface area (Å²) in [6.45, 7) is 4.13. The first-order chi connectivity index (χ1) is 11.9. The van der Waals surface area contributed by atoms with E-state index in [1.807, 2.05) is 19.9 Å². The first-order valence-corrected chi connectivity index (χ1v) is 8.46. The highest BCUT2D eigenvalue weighted by atomic mass is 32.1. The average molecular weight is 352 g/mol. The van der Waals surface area contributed by atoms with Crippen LogP contribution in [0.25, 0.3) is 10.2 Å². The van der Waals surface area contributed by atoms with Crippen LogP contribution in [0.4, 0.5) is 5.69 Å². The highest BCUT2D eigenvalue weighted by molar-refractivity contribution is 7.21. The van der Waals surface area contributed by atoms with Gasteiger partial charge < -0.3 is 15.8 Å². The van der Waals surface area contributed by atoms with Gasteiger partial charge in [-0.25, -0.2) is 0 Å². The molecular formula is C17H17BN4O2S. The van der Waals surface area contributed by atoms with Crippen molar-refractivity contribution in [3.05, 3.63) is 39.9 Å². The third-order valence-electron chi connectivity index (χ3n) is 4.09. The van der Waals surface area contributed by atoms with Crippen molar-refractivity contribution in [2.75, 3.05) is 12.8 Å². The van der Waals surface area contributed by atoms with Crippen molar-refractivity contribution in [2.45, 2.75) is 20.4 Å². The summed E-state index contributed by atoms with van der Waals surface area (Å²) in [5.41, 5.74) is 9.78. The minimum atomic E-state index is -0.244. The van der Waals surface area contributed by atoms with Crippen LogP contribution < -0.4 is 21.3 Å². The van der Waals surface area contributed by atoms with E-state index < -0.39 is 0 Å². The zero-order valence-corrected chi connectivity index (χ0v) is 15.0. The summed E-state index contributed by atoms with van der Waals surface area (Å²) in [5, 5.41) is 11.9. The quantitative estimate of drug-likeness (QED) is 0.697. The summed E-state index contributed by atoms with van der Waals surface area (Å²) in [7, 11) is 7.44. The summed E-state index contributed by atoms with van der Waals surface area (Å²) < 4.78 is 5.13. The second-order valence-electron chi connectivity index (χ2n) is 5.69. The lowest BCUT2D eigenvalue weighted by Crippen LogP contribution is -2.23. The van der Waals surface area contributed by atoms with Gasteiger partial charge in [0.2, 0.25) is 0 Å². The monoisotopic (exact) mass is 352 g/mol. The number of aryl methyl sites for hydroxylation is 2. The van der Waals surface area contributed by atoms with Gasteiger partial charge in [0, 0.05) is 11.9 Å². The van der Waals surface area contributed by atoms with Crippen molar-refractivity contribution in [1.82, 2.24) is 15.5 Å². The lowest BCUT2D eigenvalue weighted by atomic mass is 9.93. The largest absolute Gasteiger partial charge is 0.497 e. The minimum Gasteiger partial charge on any atom is -0.497 e. The summed E-state index contributed by atoms with van der Waals surface area (Å²) in [4.78, 5) is 13.6. The van der Waals surface area contributed by atoms with Crippen molar-refractivity contribution < 1.29 is 9.53 Å². The Bertz CT molecular complexity index is 971. The van der Waals surface area contributed by atoms with Crippen LogP contribution in [-0.2, 0) is 6.54 Å². The fourth-order valence-corrected chi connectivity index (χ4v) is 3.58. The Morgan fingerprint density at radius 3 is 2.80 bits per heavy atom. The molecule has 2 aromatic heterocycles. The van der Waals surface area contributed by atoms with Crippen LogP contribution >= 0.6 is 11.3 Å². The zero-order valence-electron chi connectivity index (χ0n) is 14.2. The molecule has 0 spiro atoms. The van der Waals surface area contributed by atoms with Gasteiger partial charge in [0.15, 0.2) is 0 Å². The molecule has 0 aliphatic heterocycles. The molecular weight excluding hydrogens is 335 g/mol. The van der Waals surface area contributed by atoms with Gasteiger partial charge >= 0.3 is 0 Å². The molecule has 2 heterocycles. The molecule has 0 saturated heterocycles. The number of thiophene rings is 1. The standard InChI is InChI=1S/C17H17BN4O2S/c1-8-9(2)21-22-17-13(8)14(19)15(25-17)16(23)20-7-10-4-5-12(24-3)11(18)6-10/h4-6H,7,19H2,1-3H3,(H,20,23). The summed E-state index contributed by atoms with van der Waals surface area (Å²) in [6, 6.07) is 5.39. The number of carbonyl (C=O) groups excluding carboxylic acids is 1. The third-order valence-corrected chi connectivity index (χ3v) is 5.18. The van der Waals surface area contributed by atoms with E-state index in [1.165, 1.54) is 11.3 Å². The lowest BCUT2D eigenvalue weighted by Gasteiger charge is -2.09. The van der Waals surface area contributed by atoms with E-state index in [1.54, 1.807) is 19.2 Å². The van der Waals surface area contributed by atoms with Crippen LogP contribution in [0.2, 0.25) is 0 Å². The van der Waals surface area contributed by atoms with Crippen molar-refractivity contribution in [2.24, 2.45) is 0 Å². The fourth-order valence-electron chi connectivity index (χ4n) is 2.57. The number of hydrogen-bond acceptors (Lipinski definition) is 6. The Morgan fingerprint density at radius 2 is 2.12 bits per heavy atom. The number of ether oxygens (including phenoxy) is 1. The smallest absolute Gasteiger partial charge is 0.263 e. The van der Waals surface area contributed by atoms with Gasteiger partial charge in [-0.3, -0.25) is 4.79 Å². The molecule has 0 unspecified atom stereocenters. The number of nitrogen functional groups attached to an aromatic ring is 1. The SMILES string of the molecule is [B]c1cc(CNC(=O)c2sc3nnc(C)c(C)c3c2N)ccc1OC. The van der Waals surface area contributed by atoms with Crippen LogP contribution in [-0.4, -0.2) is 31.1 Å². The van der Waals surface area contributed by atoms with Gasteiger partial charge in [-0.15, -0.1) is 16.4 Å². The van der Waals surface area contributed by atoms with E-state index in [2.05, 4.69) is 15.5 Å². The first kappa shape index (κ1) is 17.2. The first-order valence-electron chi connectivity index (χ1n) is 7.64. The van der Waals surface area contributed by atoms with Crippen LogP contribution in [0.3, 0.4) is 0 Å². The number of benzene rings is 1. The van der Waals surface area contributed by atoms with Crippen LogP contribution in [0, 0.1) is 13.8 Å². The number of nitrogens with one attached hydrogen (secondary N) is 1. The van der Waals surface area contributed by atoms with E-state index in [9.17, 15) is 4.79 Å². The Hall–Kier alpha value is -2.61. The number of nitrogens with two attached hydrogens (primary N) is 1. The van der Waals surface area contributed by atoms with Crippen molar-refractivity contribution >= 4 is 46.5 Å². The molecule has 0 bridgehead atoms. The fraction of sp³-hybridized carbons (Fsp3) is 0.235. The Balaban J connectivity index is 1.82. The molecule has 3 rings (SSSR count). The Labute approximate surface area is 150 Å². The van der Waals surface area contributed by atoms with Gasteiger partial charge in [0.25, 0.3) is 5.91 Å². The molecule has 0 aliphatic carbocycles. The van der Waals surface area contributed by atoms with E-state index in [-0.39, 0.29) is 5.91 Å². The number of fused-ring (bicyclic) bond motifs is 1. The molecule has 3 N–H and O–H groups in total. The van der Waals surface area contributed by atoms with E-state index in [4.69, 9.17) is 18.3 Å². The molecule has 3 aromatic rings. The van der Waals surface area contributed by atoms with Crippen LogP contribution in [0.15, 0.2) is 18.2 Å². The number of nitrogens with zero attached hydrogens (tertiary/aromatic N) is 2. The second-order valence-corrected chi connectivity index (χ2v) is 6.69. The molecule has 2 radical (unpaired) electrons. The van der Waals surface area contributed by atoms with E-state index in [0.29, 0.717) is 33.2 Å². The number of hydrogen-bond donors (Lipinski definition) is 2. The Morgan fingerprint density at radius 1 is 1.36 bits per heavy atom. The summed E-state index contributed by atoms with van der Waals surface area (Å²) >= 11 is 1.24. The highest BCUT2D eigenvalue weighted by Crippen LogP contribution is 2.34.